The summed E-state index contributed by atoms with van der Waals surface area (Å²) in [7, 11) is 0. The van der Waals surface area contributed by atoms with Crippen LogP contribution in [0.1, 0.15) is 37.7 Å². The Morgan fingerprint density at radius 2 is 1.92 bits per heavy atom. The maximum atomic E-state index is 13.2. The molecule has 0 unspecified atom stereocenters. The zero-order chi connectivity index (χ0) is 17.3. The molecular weight excluding hydrogens is 387 g/mol. The average molecular weight is 406 g/mol. The molecule has 1 saturated heterocycles. The summed E-state index contributed by atoms with van der Waals surface area (Å²) in [5.41, 5.74) is -0.741. The van der Waals surface area contributed by atoms with Gasteiger partial charge in [0.05, 0.1) is 5.56 Å². The predicted molar refractivity (Wildman–Crippen MR) is 87.7 cm³/mol. The van der Waals surface area contributed by atoms with E-state index in [1.165, 1.54) is 6.20 Å². The van der Waals surface area contributed by atoms with Gasteiger partial charge in [0.25, 0.3) is 0 Å². The Bertz CT molecular complexity index is 611. The lowest BCUT2D eigenvalue weighted by Crippen LogP contribution is -2.46. The summed E-state index contributed by atoms with van der Waals surface area (Å²) in [5.74, 6) is -0.130. The van der Waals surface area contributed by atoms with Crippen LogP contribution in [0.3, 0.4) is 0 Å². The molecule has 24 heavy (non-hydrogen) atoms. The number of aromatic nitrogens is 1. The number of halogens is 4. The maximum absolute atomic E-state index is 13.2. The van der Waals surface area contributed by atoms with Crippen LogP contribution in [0.2, 0.25) is 0 Å². The second kappa shape index (κ2) is 6.90. The van der Waals surface area contributed by atoms with Gasteiger partial charge in [0.15, 0.2) is 0 Å². The van der Waals surface area contributed by atoms with Gasteiger partial charge in [0.2, 0.25) is 5.91 Å². The first-order valence-electron chi connectivity index (χ1n) is 8.12. The Morgan fingerprint density at radius 1 is 1.25 bits per heavy atom. The second-order valence-corrected chi connectivity index (χ2v) is 7.34. The number of hydrogen-bond donors (Lipinski definition) is 1. The van der Waals surface area contributed by atoms with Crippen LogP contribution >= 0.6 is 15.9 Å². The Kier molecular flexibility index (Phi) is 5.03. The zero-order valence-corrected chi connectivity index (χ0v) is 14.7. The van der Waals surface area contributed by atoms with Gasteiger partial charge < -0.3 is 10.2 Å². The van der Waals surface area contributed by atoms with Crippen LogP contribution in [0.25, 0.3) is 0 Å². The van der Waals surface area contributed by atoms with E-state index >= 15 is 0 Å². The molecule has 1 aliphatic carbocycles. The van der Waals surface area contributed by atoms with Crippen LogP contribution in [-0.2, 0) is 11.0 Å². The lowest BCUT2D eigenvalue weighted by atomic mass is 9.90. The number of alkyl halides is 3. The van der Waals surface area contributed by atoms with Gasteiger partial charge in [-0.3, -0.25) is 4.79 Å². The monoisotopic (exact) mass is 405 g/mol. The Hall–Kier alpha value is -1.31. The van der Waals surface area contributed by atoms with E-state index in [0.29, 0.717) is 36.4 Å². The van der Waals surface area contributed by atoms with Crippen LogP contribution in [-0.4, -0.2) is 30.0 Å². The van der Waals surface area contributed by atoms with E-state index in [1.54, 1.807) is 4.90 Å². The minimum atomic E-state index is -4.45. The minimum Gasteiger partial charge on any atom is -0.356 e. The summed E-state index contributed by atoms with van der Waals surface area (Å²) < 4.78 is 40.0. The third kappa shape index (κ3) is 3.84. The van der Waals surface area contributed by atoms with Crippen LogP contribution in [0.4, 0.5) is 19.0 Å². The molecule has 0 aromatic carbocycles. The van der Waals surface area contributed by atoms with Crippen molar-refractivity contribution in [1.29, 1.82) is 0 Å². The van der Waals surface area contributed by atoms with Gasteiger partial charge in [-0.15, -0.1) is 0 Å². The van der Waals surface area contributed by atoms with Crippen molar-refractivity contribution in [2.75, 3.05) is 18.0 Å². The highest BCUT2D eigenvalue weighted by Crippen LogP contribution is 2.38. The number of pyridine rings is 1. The molecule has 8 heteroatoms. The van der Waals surface area contributed by atoms with E-state index in [2.05, 4.69) is 26.2 Å². The van der Waals surface area contributed by atoms with Crippen molar-refractivity contribution in [2.24, 2.45) is 5.92 Å². The molecule has 0 bridgehead atoms. The molecule has 3 rings (SSSR count). The molecule has 1 N–H and O–H groups in total. The Balaban J connectivity index is 1.65. The number of nitrogens with zero attached hydrogens (tertiary/aromatic N) is 2. The Morgan fingerprint density at radius 3 is 2.46 bits per heavy atom. The zero-order valence-electron chi connectivity index (χ0n) is 13.1. The number of rotatable bonds is 3. The molecule has 2 fully saturated rings. The standard InChI is InChI=1S/C16H19BrF3N3O/c17-11-8-13(16(18,19)20)14(21-9-11)23-6-4-10(5-7-23)15(24)22-12-2-1-3-12/h8-10,12H,1-7H2,(H,22,24). The number of piperidine rings is 1. The van der Waals surface area contributed by atoms with E-state index in [0.717, 1.165) is 25.3 Å². The summed E-state index contributed by atoms with van der Waals surface area (Å²) in [6, 6.07) is 1.35. The number of nitrogens with one attached hydrogen (secondary N) is 1. The number of hydrogen-bond acceptors (Lipinski definition) is 3. The van der Waals surface area contributed by atoms with Crippen molar-refractivity contribution < 1.29 is 18.0 Å². The molecule has 2 heterocycles. The normalized spacial score (nSPS) is 19.9. The van der Waals surface area contributed by atoms with Crippen LogP contribution in [0, 0.1) is 5.92 Å². The molecule has 1 aliphatic heterocycles. The van der Waals surface area contributed by atoms with Crippen molar-refractivity contribution in [3.8, 4) is 0 Å². The summed E-state index contributed by atoms with van der Waals surface area (Å²) in [4.78, 5) is 17.8. The van der Waals surface area contributed by atoms with Gasteiger partial charge in [-0.1, -0.05) is 0 Å². The van der Waals surface area contributed by atoms with E-state index < -0.39 is 11.7 Å². The van der Waals surface area contributed by atoms with Gasteiger partial charge >= 0.3 is 6.18 Å². The molecule has 0 spiro atoms. The molecule has 132 valence electrons. The number of anilines is 1. The highest BCUT2D eigenvalue weighted by atomic mass is 79.9. The molecule has 1 aromatic heterocycles. The Labute approximate surface area is 146 Å². The van der Waals surface area contributed by atoms with Crippen molar-refractivity contribution in [1.82, 2.24) is 10.3 Å². The average Bonchev–Trinajstić information content (AvgIpc) is 2.50. The fraction of sp³-hybridized carbons (Fsp3) is 0.625. The van der Waals surface area contributed by atoms with Gasteiger partial charge in [-0.25, -0.2) is 4.98 Å². The smallest absolute Gasteiger partial charge is 0.356 e. The SMILES string of the molecule is O=C(NC1CCC1)C1CCN(c2ncc(Br)cc2C(F)(F)F)CC1. The lowest BCUT2D eigenvalue weighted by Gasteiger charge is -2.35. The molecule has 1 saturated carbocycles. The maximum Gasteiger partial charge on any atom is 0.419 e. The highest BCUT2D eigenvalue weighted by Gasteiger charge is 2.37. The van der Waals surface area contributed by atoms with Gasteiger partial charge in [-0.05, 0) is 54.1 Å². The third-order valence-corrected chi connectivity index (χ3v) is 5.19. The van der Waals surface area contributed by atoms with E-state index in [9.17, 15) is 18.0 Å². The molecule has 0 radical (unpaired) electrons. The number of amides is 1. The predicted octanol–water partition coefficient (Wildman–Crippen LogP) is 3.75. The molecule has 1 amide bonds. The fourth-order valence-corrected chi connectivity index (χ4v) is 3.45. The summed E-state index contributed by atoms with van der Waals surface area (Å²) in [5, 5.41) is 3.02. The van der Waals surface area contributed by atoms with Crippen molar-refractivity contribution in [3.05, 3.63) is 22.3 Å². The van der Waals surface area contributed by atoms with Crippen molar-refractivity contribution >= 4 is 27.7 Å². The fourth-order valence-electron chi connectivity index (χ4n) is 3.12. The summed E-state index contributed by atoms with van der Waals surface area (Å²) in [6.45, 7) is 0.806. The highest BCUT2D eigenvalue weighted by molar-refractivity contribution is 9.10. The van der Waals surface area contributed by atoms with Crippen molar-refractivity contribution in [2.45, 2.75) is 44.3 Å². The molecule has 0 atom stereocenters. The lowest BCUT2D eigenvalue weighted by molar-refractivity contribution is -0.137. The summed E-state index contributed by atoms with van der Waals surface area (Å²) >= 11 is 3.04. The van der Waals surface area contributed by atoms with Gasteiger partial charge in [-0.2, -0.15) is 13.2 Å². The van der Waals surface area contributed by atoms with Gasteiger partial charge in [0.1, 0.15) is 5.82 Å². The first kappa shape index (κ1) is 17.5. The molecule has 4 nitrogen and oxygen atoms in total. The number of carbonyl (C=O) groups is 1. The van der Waals surface area contributed by atoms with Crippen molar-refractivity contribution in [3.63, 3.8) is 0 Å². The number of carbonyl (C=O) groups excluding carboxylic acids is 1. The first-order valence-corrected chi connectivity index (χ1v) is 8.92. The minimum absolute atomic E-state index is 0.0409. The summed E-state index contributed by atoms with van der Waals surface area (Å²) in [6.07, 6.45) is 1.23. The van der Waals surface area contributed by atoms with Crippen LogP contribution in [0.5, 0.6) is 0 Å². The van der Waals surface area contributed by atoms with E-state index in [4.69, 9.17) is 0 Å². The third-order valence-electron chi connectivity index (χ3n) is 4.76. The van der Waals surface area contributed by atoms with Crippen LogP contribution < -0.4 is 10.2 Å². The first-order chi connectivity index (χ1) is 11.3. The van der Waals surface area contributed by atoms with E-state index in [1.807, 2.05) is 0 Å². The topological polar surface area (TPSA) is 45.2 Å². The van der Waals surface area contributed by atoms with E-state index in [-0.39, 0.29) is 17.6 Å². The quantitative estimate of drug-likeness (QED) is 0.832. The largest absolute Gasteiger partial charge is 0.419 e. The molecule has 1 aromatic rings. The molecule has 2 aliphatic rings. The molecular formula is C16H19BrF3N3O. The van der Waals surface area contributed by atoms with Gasteiger partial charge in [0, 0.05) is 35.7 Å². The van der Waals surface area contributed by atoms with Crippen LogP contribution in [0.15, 0.2) is 16.7 Å². The second-order valence-electron chi connectivity index (χ2n) is 6.42.